The predicted molar refractivity (Wildman–Crippen MR) is 99.6 cm³/mol. The van der Waals surface area contributed by atoms with Crippen molar-refractivity contribution in [1.82, 2.24) is 4.90 Å². The topological polar surface area (TPSA) is 23.5 Å². The first-order valence-corrected chi connectivity index (χ1v) is 9.65. The van der Waals surface area contributed by atoms with Crippen LogP contribution in [0.1, 0.15) is 64.4 Å². The van der Waals surface area contributed by atoms with Gasteiger partial charge in [-0.3, -0.25) is 4.90 Å². The number of likely N-dealkylation sites (tertiary alicyclic amines) is 1. The number of aliphatic hydroxyl groups is 1. The Balaban J connectivity index is 1.80. The predicted octanol–water partition coefficient (Wildman–Crippen LogP) is 4.33. The van der Waals surface area contributed by atoms with Gasteiger partial charge in [0.2, 0.25) is 0 Å². The van der Waals surface area contributed by atoms with Crippen molar-refractivity contribution in [3.63, 3.8) is 0 Å². The first-order chi connectivity index (χ1) is 11.6. The molecule has 0 radical (unpaired) electrons. The molecule has 2 aliphatic rings. The molecular formula is C22H31NO. The maximum absolute atomic E-state index is 11.5. The van der Waals surface area contributed by atoms with Crippen LogP contribution in [0.3, 0.4) is 0 Å². The quantitative estimate of drug-likeness (QED) is 0.836. The molecule has 130 valence electrons. The second-order valence-electron chi connectivity index (χ2n) is 7.72. The van der Waals surface area contributed by atoms with Crippen LogP contribution in [0.15, 0.2) is 30.3 Å². The smallest absolute Gasteiger partial charge is 0.153 e. The molecule has 1 aromatic rings. The molecule has 0 unspecified atom stereocenters. The Kier molecular flexibility index (Phi) is 5.64. The van der Waals surface area contributed by atoms with Gasteiger partial charge in [0.1, 0.15) is 0 Å². The van der Waals surface area contributed by atoms with E-state index in [9.17, 15) is 5.11 Å². The molecule has 2 nitrogen and oxygen atoms in total. The molecule has 0 spiro atoms. The second-order valence-corrected chi connectivity index (χ2v) is 7.72. The molecule has 0 amide bonds. The third-order valence-electron chi connectivity index (χ3n) is 6.08. The SMILES string of the molecule is C[C@@H]1CCC[C@@H](C)N1CC#C[C@@](O)(c1ccccc1)C1CCCC1. The van der Waals surface area contributed by atoms with Gasteiger partial charge in [0.15, 0.2) is 5.60 Å². The minimum atomic E-state index is -0.986. The summed E-state index contributed by atoms with van der Waals surface area (Å²) in [6.45, 7) is 5.37. The zero-order valence-corrected chi connectivity index (χ0v) is 15.2. The Morgan fingerprint density at radius 3 is 2.25 bits per heavy atom. The number of hydrogen-bond donors (Lipinski definition) is 1. The van der Waals surface area contributed by atoms with Gasteiger partial charge in [-0.15, -0.1) is 0 Å². The Morgan fingerprint density at radius 1 is 1.00 bits per heavy atom. The van der Waals surface area contributed by atoms with Gasteiger partial charge in [-0.2, -0.15) is 0 Å². The molecule has 0 bridgehead atoms. The van der Waals surface area contributed by atoms with E-state index in [-0.39, 0.29) is 5.92 Å². The van der Waals surface area contributed by atoms with Gasteiger partial charge >= 0.3 is 0 Å². The maximum atomic E-state index is 11.5. The van der Waals surface area contributed by atoms with Crippen molar-refractivity contribution in [2.45, 2.75) is 76.5 Å². The van der Waals surface area contributed by atoms with E-state index in [0.29, 0.717) is 12.1 Å². The minimum absolute atomic E-state index is 0.267. The van der Waals surface area contributed by atoms with E-state index in [1.165, 1.54) is 32.1 Å². The highest BCUT2D eigenvalue weighted by Gasteiger charge is 2.38. The first kappa shape index (κ1) is 17.5. The van der Waals surface area contributed by atoms with Crippen molar-refractivity contribution in [2.24, 2.45) is 5.92 Å². The van der Waals surface area contributed by atoms with E-state index < -0.39 is 5.60 Å². The average Bonchev–Trinajstić information content (AvgIpc) is 3.13. The van der Waals surface area contributed by atoms with Crippen LogP contribution < -0.4 is 0 Å². The highest BCUT2D eigenvalue weighted by Crippen LogP contribution is 2.40. The standard InChI is InChI=1S/C22H31NO/c1-18-10-8-11-19(2)23(18)17-9-16-22(24,21-14-6-7-15-21)20-12-4-3-5-13-20/h3-5,12-13,18-19,21,24H,6-8,10-11,14-15,17H2,1-2H3/t18-,19-,22-/m1/s1. The van der Waals surface area contributed by atoms with Gasteiger partial charge in [0, 0.05) is 18.0 Å². The van der Waals surface area contributed by atoms with Crippen molar-refractivity contribution < 1.29 is 5.11 Å². The molecule has 24 heavy (non-hydrogen) atoms. The van der Waals surface area contributed by atoms with Crippen molar-refractivity contribution >= 4 is 0 Å². The van der Waals surface area contributed by atoms with E-state index in [1.54, 1.807) is 0 Å². The van der Waals surface area contributed by atoms with Gasteiger partial charge in [0.05, 0.1) is 6.54 Å². The lowest BCUT2D eigenvalue weighted by atomic mass is 9.80. The third-order valence-corrected chi connectivity index (χ3v) is 6.08. The third kappa shape index (κ3) is 3.68. The summed E-state index contributed by atoms with van der Waals surface area (Å²) >= 11 is 0. The van der Waals surface area contributed by atoms with Crippen molar-refractivity contribution in [3.05, 3.63) is 35.9 Å². The normalized spacial score (nSPS) is 28.1. The van der Waals surface area contributed by atoms with Gasteiger partial charge in [-0.05, 0) is 45.1 Å². The van der Waals surface area contributed by atoms with E-state index in [0.717, 1.165) is 24.9 Å². The molecule has 1 saturated carbocycles. The Morgan fingerprint density at radius 2 is 1.62 bits per heavy atom. The Labute approximate surface area is 147 Å². The molecule has 0 aromatic heterocycles. The molecule has 2 heteroatoms. The van der Waals surface area contributed by atoms with Crippen LogP contribution in [0.2, 0.25) is 0 Å². The van der Waals surface area contributed by atoms with E-state index in [1.807, 2.05) is 30.3 Å². The van der Waals surface area contributed by atoms with E-state index in [4.69, 9.17) is 0 Å². The number of benzene rings is 1. The van der Waals surface area contributed by atoms with Crippen LogP contribution in [0, 0.1) is 17.8 Å². The van der Waals surface area contributed by atoms with Crippen LogP contribution in [0.25, 0.3) is 0 Å². The van der Waals surface area contributed by atoms with E-state index in [2.05, 4.69) is 30.6 Å². The molecule has 2 fully saturated rings. The van der Waals surface area contributed by atoms with Crippen molar-refractivity contribution in [2.75, 3.05) is 6.54 Å². The van der Waals surface area contributed by atoms with E-state index >= 15 is 0 Å². The lowest BCUT2D eigenvalue weighted by Crippen LogP contribution is -2.44. The molecule has 1 heterocycles. The van der Waals surface area contributed by atoms with Gasteiger partial charge < -0.3 is 5.11 Å². The summed E-state index contributed by atoms with van der Waals surface area (Å²) in [4.78, 5) is 2.50. The molecule has 1 aromatic carbocycles. The second kappa shape index (κ2) is 7.72. The van der Waals surface area contributed by atoms with Gasteiger partial charge in [-0.1, -0.05) is 61.4 Å². The van der Waals surface area contributed by atoms with Crippen LogP contribution in [-0.2, 0) is 5.60 Å². The zero-order chi connectivity index (χ0) is 17.0. The van der Waals surface area contributed by atoms with Crippen LogP contribution in [0.4, 0.5) is 0 Å². The molecule has 3 rings (SSSR count). The average molecular weight is 325 g/mol. The lowest BCUT2D eigenvalue weighted by molar-refractivity contribution is 0.0365. The fourth-order valence-electron chi connectivity index (χ4n) is 4.50. The molecule has 1 aliphatic heterocycles. The van der Waals surface area contributed by atoms with Crippen LogP contribution >= 0.6 is 0 Å². The van der Waals surface area contributed by atoms with Crippen molar-refractivity contribution in [3.8, 4) is 11.8 Å². The molecule has 1 aliphatic carbocycles. The summed E-state index contributed by atoms with van der Waals surface area (Å²) in [5.74, 6) is 6.93. The lowest BCUT2D eigenvalue weighted by Gasteiger charge is -2.37. The minimum Gasteiger partial charge on any atom is -0.373 e. The number of nitrogens with zero attached hydrogens (tertiary/aromatic N) is 1. The summed E-state index contributed by atoms with van der Waals surface area (Å²) in [7, 11) is 0. The summed E-state index contributed by atoms with van der Waals surface area (Å²) in [5.41, 5.74) is -0.0239. The summed E-state index contributed by atoms with van der Waals surface area (Å²) in [6, 6.07) is 11.3. The fourth-order valence-corrected chi connectivity index (χ4v) is 4.50. The van der Waals surface area contributed by atoms with Gasteiger partial charge in [0.25, 0.3) is 0 Å². The fraction of sp³-hybridized carbons (Fsp3) is 0.636. The van der Waals surface area contributed by atoms with Crippen molar-refractivity contribution in [1.29, 1.82) is 0 Å². The molecule has 1 saturated heterocycles. The Bertz CT molecular complexity index is 571. The highest BCUT2D eigenvalue weighted by atomic mass is 16.3. The largest absolute Gasteiger partial charge is 0.373 e. The van der Waals surface area contributed by atoms with Gasteiger partial charge in [-0.25, -0.2) is 0 Å². The number of hydrogen-bond acceptors (Lipinski definition) is 2. The highest BCUT2D eigenvalue weighted by molar-refractivity contribution is 5.33. The zero-order valence-electron chi connectivity index (χ0n) is 15.2. The maximum Gasteiger partial charge on any atom is 0.153 e. The molecule has 1 N–H and O–H groups in total. The first-order valence-electron chi connectivity index (χ1n) is 9.65. The summed E-state index contributed by atoms with van der Waals surface area (Å²) in [5, 5.41) is 11.5. The Hall–Kier alpha value is -1.30. The molecule has 3 atom stereocenters. The summed E-state index contributed by atoms with van der Waals surface area (Å²) in [6.07, 6.45) is 8.42. The molecular weight excluding hydrogens is 294 g/mol. The monoisotopic (exact) mass is 325 g/mol. The number of piperidine rings is 1. The number of rotatable bonds is 3. The van der Waals surface area contributed by atoms with Crippen LogP contribution in [-0.4, -0.2) is 28.6 Å². The van der Waals surface area contributed by atoms with Crippen LogP contribution in [0.5, 0.6) is 0 Å². The summed E-state index contributed by atoms with van der Waals surface area (Å²) < 4.78 is 0.